The number of aromatic nitrogens is 2. The average molecular weight is 266 g/mol. The predicted octanol–water partition coefficient (Wildman–Crippen LogP) is 2.43. The predicted molar refractivity (Wildman–Crippen MR) is 81.1 cm³/mol. The lowest BCUT2D eigenvalue weighted by Crippen LogP contribution is -2.29. The van der Waals surface area contributed by atoms with Crippen molar-refractivity contribution in [2.45, 2.75) is 13.0 Å². The van der Waals surface area contributed by atoms with Crippen molar-refractivity contribution in [1.29, 1.82) is 0 Å². The second-order valence-corrected chi connectivity index (χ2v) is 5.05. The summed E-state index contributed by atoms with van der Waals surface area (Å²) in [7, 11) is 1.92. The van der Waals surface area contributed by atoms with Crippen LogP contribution in [0.5, 0.6) is 0 Å². The summed E-state index contributed by atoms with van der Waals surface area (Å²) in [6, 6.07) is 14.7. The fourth-order valence-electron chi connectivity index (χ4n) is 2.65. The van der Waals surface area contributed by atoms with Crippen LogP contribution in [0.15, 0.2) is 48.7 Å². The van der Waals surface area contributed by atoms with Gasteiger partial charge in [0.25, 0.3) is 0 Å². The molecule has 3 N–H and O–H groups in total. The van der Waals surface area contributed by atoms with Crippen molar-refractivity contribution in [1.82, 2.24) is 15.2 Å². The van der Waals surface area contributed by atoms with Gasteiger partial charge in [0.1, 0.15) is 0 Å². The molecule has 2 aromatic carbocycles. The van der Waals surface area contributed by atoms with E-state index in [0.717, 1.165) is 16.8 Å². The fraction of sp³-hybridized carbons (Fsp3) is 0.188. The van der Waals surface area contributed by atoms with Crippen molar-refractivity contribution in [3.05, 3.63) is 65.5 Å². The van der Waals surface area contributed by atoms with E-state index in [-0.39, 0.29) is 6.04 Å². The third-order valence-electron chi connectivity index (χ3n) is 3.64. The SMILES string of the molecule is Cc1nn(C)cc1C(NN)c1ccc2ccccc2c1. The molecule has 1 unspecified atom stereocenters. The molecule has 3 rings (SSSR count). The molecule has 0 saturated heterocycles. The Morgan fingerprint density at radius 1 is 1.15 bits per heavy atom. The van der Waals surface area contributed by atoms with Crippen LogP contribution in [0.25, 0.3) is 10.8 Å². The van der Waals surface area contributed by atoms with Crippen molar-refractivity contribution in [2.75, 3.05) is 0 Å². The number of hydrazine groups is 1. The van der Waals surface area contributed by atoms with Crippen molar-refractivity contribution < 1.29 is 0 Å². The number of nitrogens with two attached hydrogens (primary N) is 1. The minimum Gasteiger partial charge on any atom is -0.275 e. The van der Waals surface area contributed by atoms with Crippen molar-refractivity contribution in [2.24, 2.45) is 12.9 Å². The highest BCUT2D eigenvalue weighted by atomic mass is 15.3. The molecule has 102 valence electrons. The molecule has 1 heterocycles. The van der Waals surface area contributed by atoms with E-state index < -0.39 is 0 Å². The molecular weight excluding hydrogens is 248 g/mol. The summed E-state index contributed by atoms with van der Waals surface area (Å²) in [5, 5.41) is 6.83. The Kier molecular flexibility index (Phi) is 3.26. The Morgan fingerprint density at radius 3 is 2.55 bits per heavy atom. The molecule has 0 fully saturated rings. The molecule has 0 aliphatic rings. The van der Waals surface area contributed by atoms with Gasteiger partial charge < -0.3 is 0 Å². The summed E-state index contributed by atoms with van der Waals surface area (Å²) in [4.78, 5) is 0. The molecule has 0 aliphatic carbocycles. The lowest BCUT2D eigenvalue weighted by molar-refractivity contribution is 0.634. The minimum absolute atomic E-state index is 0.0479. The Morgan fingerprint density at radius 2 is 1.90 bits per heavy atom. The molecule has 0 saturated carbocycles. The fourth-order valence-corrected chi connectivity index (χ4v) is 2.65. The number of hydrogen-bond acceptors (Lipinski definition) is 3. The maximum Gasteiger partial charge on any atom is 0.0743 e. The van der Waals surface area contributed by atoms with Crippen LogP contribution in [0.4, 0.5) is 0 Å². The van der Waals surface area contributed by atoms with Gasteiger partial charge in [0.15, 0.2) is 0 Å². The second-order valence-electron chi connectivity index (χ2n) is 5.05. The lowest BCUT2D eigenvalue weighted by atomic mass is 9.97. The molecule has 3 aromatic rings. The van der Waals surface area contributed by atoms with Crippen molar-refractivity contribution >= 4 is 10.8 Å². The average Bonchev–Trinajstić information content (AvgIpc) is 2.78. The smallest absolute Gasteiger partial charge is 0.0743 e. The van der Waals surface area contributed by atoms with Gasteiger partial charge in [0, 0.05) is 18.8 Å². The van der Waals surface area contributed by atoms with Crippen LogP contribution in [0.1, 0.15) is 22.9 Å². The third-order valence-corrected chi connectivity index (χ3v) is 3.64. The van der Waals surface area contributed by atoms with Gasteiger partial charge in [-0.1, -0.05) is 36.4 Å². The van der Waals surface area contributed by atoms with E-state index in [4.69, 9.17) is 5.84 Å². The number of aryl methyl sites for hydroxylation is 2. The number of rotatable bonds is 3. The number of nitrogens with zero attached hydrogens (tertiary/aromatic N) is 2. The second kappa shape index (κ2) is 5.07. The molecule has 1 atom stereocenters. The number of hydrogen-bond donors (Lipinski definition) is 2. The Bertz CT molecular complexity index is 745. The summed E-state index contributed by atoms with van der Waals surface area (Å²) in [5.74, 6) is 5.77. The highest BCUT2D eigenvalue weighted by Crippen LogP contribution is 2.26. The maximum atomic E-state index is 5.77. The molecule has 0 aliphatic heterocycles. The molecule has 1 aromatic heterocycles. The van der Waals surface area contributed by atoms with Gasteiger partial charge in [0.05, 0.1) is 11.7 Å². The van der Waals surface area contributed by atoms with E-state index in [9.17, 15) is 0 Å². The van der Waals surface area contributed by atoms with Crippen molar-refractivity contribution in [3.63, 3.8) is 0 Å². The first kappa shape index (κ1) is 12.8. The minimum atomic E-state index is -0.0479. The molecule has 0 amide bonds. The van der Waals surface area contributed by atoms with Gasteiger partial charge in [-0.05, 0) is 29.3 Å². The van der Waals surface area contributed by atoms with E-state index in [1.54, 1.807) is 0 Å². The number of fused-ring (bicyclic) bond motifs is 1. The Hall–Kier alpha value is -2.17. The molecule has 4 heteroatoms. The first-order valence-corrected chi connectivity index (χ1v) is 6.64. The highest BCUT2D eigenvalue weighted by Gasteiger charge is 2.17. The van der Waals surface area contributed by atoms with Gasteiger partial charge in [-0.3, -0.25) is 10.5 Å². The summed E-state index contributed by atoms with van der Waals surface area (Å²) in [6.07, 6.45) is 2.01. The summed E-state index contributed by atoms with van der Waals surface area (Å²) in [5.41, 5.74) is 6.13. The number of benzene rings is 2. The zero-order valence-electron chi connectivity index (χ0n) is 11.7. The third kappa shape index (κ3) is 2.19. The van der Waals surface area contributed by atoms with Crippen LogP contribution in [-0.4, -0.2) is 9.78 Å². The molecule has 0 spiro atoms. The van der Waals surface area contributed by atoms with Crippen LogP contribution < -0.4 is 11.3 Å². The molecule has 0 radical (unpaired) electrons. The van der Waals surface area contributed by atoms with Crippen LogP contribution in [-0.2, 0) is 7.05 Å². The van der Waals surface area contributed by atoms with E-state index in [1.807, 2.05) is 37.0 Å². The van der Waals surface area contributed by atoms with Crippen LogP contribution in [0.2, 0.25) is 0 Å². The normalized spacial score (nSPS) is 12.8. The first-order chi connectivity index (χ1) is 9.69. The standard InChI is InChI=1S/C16H18N4/c1-11-15(10-20(2)19-11)16(18-17)14-8-7-12-5-3-4-6-13(12)9-14/h3-10,16,18H,17H2,1-2H3. The Balaban J connectivity index is 2.09. The monoisotopic (exact) mass is 266 g/mol. The van der Waals surface area contributed by atoms with Crippen LogP contribution >= 0.6 is 0 Å². The van der Waals surface area contributed by atoms with E-state index in [2.05, 4.69) is 40.9 Å². The van der Waals surface area contributed by atoms with Gasteiger partial charge in [-0.25, -0.2) is 5.43 Å². The topological polar surface area (TPSA) is 55.9 Å². The summed E-state index contributed by atoms with van der Waals surface area (Å²) in [6.45, 7) is 2.00. The van der Waals surface area contributed by atoms with Gasteiger partial charge in [-0.2, -0.15) is 5.10 Å². The largest absolute Gasteiger partial charge is 0.275 e. The zero-order chi connectivity index (χ0) is 14.1. The Labute approximate surface area is 118 Å². The molecule has 20 heavy (non-hydrogen) atoms. The summed E-state index contributed by atoms with van der Waals surface area (Å²) < 4.78 is 1.82. The van der Waals surface area contributed by atoms with E-state index in [1.165, 1.54) is 10.8 Å². The lowest BCUT2D eigenvalue weighted by Gasteiger charge is -2.16. The van der Waals surface area contributed by atoms with Gasteiger partial charge in [0.2, 0.25) is 0 Å². The maximum absolute atomic E-state index is 5.77. The number of nitrogens with one attached hydrogen (secondary N) is 1. The zero-order valence-corrected chi connectivity index (χ0v) is 11.7. The first-order valence-electron chi connectivity index (χ1n) is 6.64. The quantitative estimate of drug-likeness (QED) is 0.565. The highest BCUT2D eigenvalue weighted by molar-refractivity contribution is 5.83. The van der Waals surface area contributed by atoms with Crippen LogP contribution in [0, 0.1) is 6.92 Å². The van der Waals surface area contributed by atoms with Crippen LogP contribution in [0.3, 0.4) is 0 Å². The molecule has 0 bridgehead atoms. The van der Waals surface area contributed by atoms with E-state index in [0.29, 0.717) is 0 Å². The van der Waals surface area contributed by atoms with E-state index >= 15 is 0 Å². The molecular formula is C16H18N4. The molecule has 4 nitrogen and oxygen atoms in total. The van der Waals surface area contributed by atoms with Crippen molar-refractivity contribution in [3.8, 4) is 0 Å². The van der Waals surface area contributed by atoms with Gasteiger partial charge >= 0.3 is 0 Å². The summed E-state index contributed by atoms with van der Waals surface area (Å²) >= 11 is 0. The van der Waals surface area contributed by atoms with Gasteiger partial charge in [-0.15, -0.1) is 0 Å².